The number of carbonyl (C=O) groups is 2. The molecule has 2 heterocycles. The fourth-order valence-electron chi connectivity index (χ4n) is 3.72. The highest BCUT2D eigenvalue weighted by molar-refractivity contribution is 6.13. The maximum Gasteiger partial charge on any atom is 0.240 e. The summed E-state index contributed by atoms with van der Waals surface area (Å²) in [6.45, 7) is 6.76. The molecule has 1 N–H and O–H groups in total. The van der Waals surface area contributed by atoms with Gasteiger partial charge in [-0.2, -0.15) is 0 Å². The Morgan fingerprint density at radius 1 is 1.00 bits per heavy atom. The van der Waals surface area contributed by atoms with Crippen LogP contribution >= 0.6 is 0 Å². The zero-order chi connectivity index (χ0) is 19.7. The van der Waals surface area contributed by atoms with Gasteiger partial charge >= 0.3 is 0 Å². The molecule has 1 aliphatic heterocycles. The monoisotopic (exact) mass is 378 g/mol. The number of nitrogens with zero attached hydrogens (tertiary/aromatic N) is 3. The minimum Gasteiger partial charge on any atom is -0.353 e. The maximum atomic E-state index is 13.1. The third kappa shape index (κ3) is 3.46. The second kappa shape index (κ2) is 7.26. The lowest BCUT2D eigenvalue weighted by Gasteiger charge is -2.36. The number of benzene rings is 1. The number of aromatic nitrogens is 1. The van der Waals surface area contributed by atoms with Gasteiger partial charge in [0, 0.05) is 38.1 Å². The van der Waals surface area contributed by atoms with Crippen LogP contribution in [0, 0.1) is 19.3 Å². The molecule has 2 amide bonds. The van der Waals surface area contributed by atoms with Gasteiger partial charge in [0.1, 0.15) is 11.2 Å². The zero-order valence-corrected chi connectivity index (χ0v) is 16.4. The minimum atomic E-state index is -0.883. The van der Waals surface area contributed by atoms with Crippen molar-refractivity contribution in [3.8, 4) is 0 Å². The molecule has 2 aliphatic rings. The molecule has 1 saturated heterocycles. The molecule has 0 radical (unpaired) electrons. The van der Waals surface area contributed by atoms with Crippen LogP contribution in [0.2, 0.25) is 0 Å². The Kier molecular flexibility index (Phi) is 4.79. The average Bonchev–Trinajstić information content (AvgIpc) is 3.53. The second-order valence-electron chi connectivity index (χ2n) is 7.80. The van der Waals surface area contributed by atoms with Crippen molar-refractivity contribution in [2.75, 3.05) is 36.4 Å². The lowest BCUT2D eigenvalue weighted by atomic mass is 10.0. The van der Waals surface area contributed by atoms with Gasteiger partial charge in [-0.05, 0) is 62.1 Å². The summed E-state index contributed by atoms with van der Waals surface area (Å²) in [6, 6.07) is 11.7. The molecule has 28 heavy (non-hydrogen) atoms. The Bertz CT molecular complexity index is 885. The van der Waals surface area contributed by atoms with Crippen molar-refractivity contribution >= 4 is 23.3 Å². The third-order valence-corrected chi connectivity index (χ3v) is 5.90. The van der Waals surface area contributed by atoms with E-state index in [0.717, 1.165) is 30.2 Å². The molecule has 2 aromatic rings. The largest absolute Gasteiger partial charge is 0.353 e. The van der Waals surface area contributed by atoms with E-state index in [1.165, 1.54) is 5.56 Å². The highest BCUT2D eigenvalue weighted by atomic mass is 16.2. The van der Waals surface area contributed by atoms with Crippen molar-refractivity contribution in [1.29, 1.82) is 0 Å². The summed E-state index contributed by atoms with van der Waals surface area (Å²) in [4.78, 5) is 34.4. The molecule has 0 bridgehead atoms. The van der Waals surface area contributed by atoms with E-state index in [0.29, 0.717) is 25.9 Å². The predicted molar refractivity (Wildman–Crippen MR) is 109 cm³/mol. The van der Waals surface area contributed by atoms with E-state index in [1.54, 1.807) is 6.20 Å². The molecule has 1 aromatic carbocycles. The molecule has 0 atom stereocenters. The molecule has 0 spiro atoms. The van der Waals surface area contributed by atoms with Crippen molar-refractivity contribution in [3.63, 3.8) is 0 Å². The van der Waals surface area contributed by atoms with E-state index in [-0.39, 0.29) is 11.8 Å². The van der Waals surface area contributed by atoms with E-state index < -0.39 is 5.41 Å². The van der Waals surface area contributed by atoms with Crippen molar-refractivity contribution in [2.45, 2.75) is 26.7 Å². The van der Waals surface area contributed by atoms with Crippen LogP contribution in [0.25, 0.3) is 0 Å². The number of hydrogen-bond acceptors (Lipinski definition) is 4. The highest BCUT2D eigenvalue weighted by Crippen LogP contribution is 2.48. The summed E-state index contributed by atoms with van der Waals surface area (Å²) >= 11 is 0. The summed E-state index contributed by atoms with van der Waals surface area (Å²) in [6.07, 6.45) is 3.04. The molecule has 2 fully saturated rings. The Morgan fingerprint density at radius 3 is 2.36 bits per heavy atom. The zero-order valence-electron chi connectivity index (χ0n) is 16.4. The number of piperazine rings is 1. The Balaban J connectivity index is 1.39. The average molecular weight is 378 g/mol. The van der Waals surface area contributed by atoms with Gasteiger partial charge in [-0.15, -0.1) is 0 Å². The molecule has 146 valence electrons. The normalized spacial score (nSPS) is 17.9. The van der Waals surface area contributed by atoms with Crippen LogP contribution in [0.3, 0.4) is 0 Å². The number of rotatable bonds is 4. The molecule has 1 aliphatic carbocycles. The van der Waals surface area contributed by atoms with Crippen LogP contribution in [0.1, 0.15) is 24.0 Å². The number of hydrogen-bond donors (Lipinski definition) is 1. The summed E-state index contributed by atoms with van der Waals surface area (Å²) in [5, 5.41) is 2.96. The number of anilines is 2. The van der Waals surface area contributed by atoms with Crippen LogP contribution < -0.4 is 10.2 Å². The van der Waals surface area contributed by atoms with Crippen LogP contribution in [0.4, 0.5) is 11.5 Å². The highest BCUT2D eigenvalue weighted by Gasteiger charge is 2.58. The molecule has 6 nitrogen and oxygen atoms in total. The number of amides is 2. The number of carbonyl (C=O) groups excluding carboxylic acids is 2. The van der Waals surface area contributed by atoms with Crippen molar-refractivity contribution in [2.24, 2.45) is 5.41 Å². The third-order valence-electron chi connectivity index (χ3n) is 5.90. The summed E-state index contributed by atoms with van der Waals surface area (Å²) in [5.74, 6) is 0.727. The smallest absolute Gasteiger partial charge is 0.240 e. The quantitative estimate of drug-likeness (QED) is 0.831. The molecular formula is C22H26N4O2. The summed E-state index contributed by atoms with van der Waals surface area (Å²) < 4.78 is 0. The fourth-order valence-corrected chi connectivity index (χ4v) is 3.72. The fraction of sp³-hybridized carbons (Fsp3) is 0.409. The van der Waals surface area contributed by atoms with E-state index in [9.17, 15) is 9.59 Å². The van der Waals surface area contributed by atoms with E-state index >= 15 is 0 Å². The molecule has 0 unspecified atom stereocenters. The first-order valence-corrected chi connectivity index (χ1v) is 9.84. The first-order valence-electron chi connectivity index (χ1n) is 9.84. The van der Waals surface area contributed by atoms with Gasteiger partial charge in [-0.25, -0.2) is 4.98 Å². The second-order valence-corrected chi connectivity index (χ2v) is 7.80. The molecule has 6 heteroatoms. The lowest BCUT2D eigenvalue weighted by molar-refractivity contribution is -0.142. The van der Waals surface area contributed by atoms with Gasteiger partial charge in [0.05, 0.1) is 0 Å². The molecule has 4 rings (SSSR count). The summed E-state index contributed by atoms with van der Waals surface area (Å²) in [5.41, 5.74) is 2.18. The Hall–Kier alpha value is -2.89. The van der Waals surface area contributed by atoms with Gasteiger partial charge in [-0.3, -0.25) is 9.59 Å². The Morgan fingerprint density at radius 2 is 1.75 bits per heavy atom. The standard InChI is InChI=1S/C22H26N4O2/c1-16-6-7-18(15-17(16)2)24-20(27)22(8-9-22)21(28)26-13-11-25(12-14-26)19-5-3-4-10-23-19/h3-7,10,15H,8-9,11-14H2,1-2H3,(H,24,27). The first kappa shape index (κ1) is 18.5. The van der Waals surface area contributed by atoms with Gasteiger partial charge in [0.2, 0.25) is 11.8 Å². The maximum absolute atomic E-state index is 13.1. The first-order chi connectivity index (χ1) is 13.5. The molecule has 1 saturated carbocycles. The molecule has 1 aromatic heterocycles. The number of nitrogens with one attached hydrogen (secondary N) is 1. The van der Waals surface area contributed by atoms with Crippen LogP contribution in [0.5, 0.6) is 0 Å². The van der Waals surface area contributed by atoms with Crippen molar-refractivity contribution < 1.29 is 9.59 Å². The van der Waals surface area contributed by atoms with E-state index in [1.807, 2.05) is 55.1 Å². The van der Waals surface area contributed by atoms with Gasteiger partial charge in [0.25, 0.3) is 0 Å². The van der Waals surface area contributed by atoms with Gasteiger partial charge in [-0.1, -0.05) is 12.1 Å². The summed E-state index contributed by atoms with van der Waals surface area (Å²) in [7, 11) is 0. The minimum absolute atomic E-state index is 0.0329. The number of aryl methyl sites for hydroxylation is 2. The number of pyridine rings is 1. The Labute approximate surface area is 165 Å². The van der Waals surface area contributed by atoms with E-state index in [4.69, 9.17) is 0 Å². The van der Waals surface area contributed by atoms with Crippen molar-refractivity contribution in [3.05, 3.63) is 53.7 Å². The lowest BCUT2D eigenvalue weighted by Crippen LogP contribution is -2.52. The van der Waals surface area contributed by atoms with E-state index in [2.05, 4.69) is 15.2 Å². The topological polar surface area (TPSA) is 65.5 Å². The predicted octanol–water partition coefficient (Wildman–Crippen LogP) is 2.77. The van der Waals surface area contributed by atoms with Crippen LogP contribution in [-0.4, -0.2) is 47.9 Å². The van der Waals surface area contributed by atoms with Crippen molar-refractivity contribution in [1.82, 2.24) is 9.88 Å². The van der Waals surface area contributed by atoms with Crippen LogP contribution in [0.15, 0.2) is 42.6 Å². The van der Waals surface area contributed by atoms with Crippen LogP contribution in [-0.2, 0) is 9.59 Å². The van der Waals surface area contributed by atoms with Gasteiger partial charge < -0.3 is 15.1 Å². The SMILES string of the molecule is Cc1ccc(NC(=O)C2(C(=O)N3CCN(c4ccccn4)CC3)CC2)cc1C. The molecular weight excluding hydrogens is 352 g/mol. The van der Waals surface area contributed by atoms with Gasteiger partial charge in [0.15, 0.2) is 0 Å².